The fourth-order valence-corrected chi connectivity index (χ4v) is 3.16. The van der Waals surface area contributed by atoms with E-state index >= 15 is 0 Å². The van der Waals surface area contributed by atoms with Gasteiger partial charge in [0.05, 0.1) is 19.3 Å². The first-order chi connectivity index (χ1) is 13.7. The van der Waals surface area contributed by atoms with E-state index in [0.29, 0.717) is 23.9 Å². The molecule has 0 fully saturated rings. The van der Waals surface area contributed by atoms with E-state index in [9.17, 15) is 15.3 Å². The summed E-state index contributed by atoms with van der Waals surface area (Å²) >= 11 is 0. The lowest BCUT2D eigenvalue weighted by molar-refractivity contribution is 0.269. The van der Waals surface area contributed by atoms with E-state index in [-0.39, 0.29) is 18.1 Å². The summed E-state index contributed by atoms with van der Waals surface area (Å²) in [6.45, 7) is 0.300. The number of nitrogens with zero attached hydrogens (tertiary/aromatic N) is 5. The van der Waals surface area contributed by atoms with E-state index in [1.165, 1.54) is 0 Å². The topological polar surface area (TPSA) is 117 Å². The van der Waals surface area contributed by atoms with Crippen molar-refractivity contribution in [2.45, 2.75) is 6.54 Å². The Morgan fingerprint density at radius 3 is 2.68 bits per heavy atom. The highest BCUT2D eigenvalue weighted by Crippen LogP contribution is 2.37. The van der Waals surface area contributed by atoms with E-state index in [2.05, 4.69) is 20.3 Å². The molecule has 1 aromatic carbocycles. The number of hydrogen-bond acceptors (Lipinski definition) is 7. The minimum absolute atomic E-state index is 0.0444. The molecule has 0 atom stereocenters. The van der Waals surface area contributed by atoms with Crippen LogP contribution in [0.15, 0.2) is 61.4 Å². The fourth-order valence-electron chi connectivity index (χ4n) is 3.16. The number of aromatic nitrogens is 5. The van der Waals surface area contributed by atoms with Gasteiger partial charge in [0, 0.05) is 40.5 Å². The van der Waals surface area contributed by atoms with Crippen LogP contribution < -0.4 is 0 Å². The molecule has 0 spiro atoms. The summed E-state index contributed by atoms with van der Waals surface area (Å²) in [6.07, 6.45) is 7.40. The Morgan fingerprint density at radius 2 is 1.93 bits per heavy atom. The molecule has 0 aliphatic carbocycles. The summed E-state index contributed by atoms with van der Waals surface area (Å²) in [5.41, 5.74) is 3.31. The number of benzene rings is 1. The largest absolute Gasteiger partial charge is 0.512 e. The third-order valence-electron chi connectivity index (χ3n) is 4.39. The Kier molecular flexibility index (Phi) is 4.69. The van der Waals surface area contributed by atoms with Crippen molar-refractivity contribution >= 4 is 16.5 Å². The lowest BCUT2D eigenvalue weighted by atomic mass is 9.96. The predicted octanol–water partition coefficient (Wildman–Crippen LogP) is 2.96. The van der Waals surface area contributed by atoms with Gasteiger partial charge in [-0.25, -0.2) is 0 Å². The average Bonchev–Trinajstić information content (AvgIpc) is 3.17. The molecule has 4 aromatic rings. The first-order valence-corrected chi connectivity index (χ1v) is 8.60. The second-order valence-corrected chi connectivity index (χ2v) is 6.09. The van der Waals surface area contributed by atoms with Crippen LogP contribution in [0.3, 0.4) is 0 Å². The zero-order valence-corrected chi connectivity index (χ0v) is 14.8. The molecule has 0 saturated heterocycles. The van der Waals surface area contributed by atoms with Crippen LogP contribution in [0.2, 0.25) is 0 Å². The molecule has 8 heteroatoms. The number of rotatable bonds is 5. The molecule has 0 bridgehead atoms. The summed E-state index contributed by atoms with van der Waals surface area (Å²) in [7, 11) is 0. The highest BCUT2D eigenvalue weighted by atomic mass is 16.3. The fraction of sp³-hybridized carbons (Fsp3) is 0.100. The minimum Gasteiger partial charge on any atom is -0.512 e. The molecule has 3 heterocycles. The lowest BCUT2D eigenvalue weighted by Gasteiger charge is -2.10. The second-order valence-electron chi connectivity index (χ2n) is 6.09. The number of hydrogen-bond donors (Lipinski definition) is 3. The van der Waals surface area contributed by atoms with Crippen molar-refractivity contribution in [3.05, 3.63) is 67.1 Å². The van der Waals surface area contributed by atoms with Crippen LogP contribution in [0, 0.1) is 0 Å². The molecule has 0 aliphatic rings. The molecule has 0 unspecified atom stereocenters. The van der Waals surface area contributed by atoms with Crippen molar-refractivity contribution in [2.75, 3.05) is 6.61 Å². The van der Waals surface area contributed by atoms with Crippen LogP contribution in [0.4, 0.5) is 0 Å². The van der Waals surface area contributed by atoms with Crippen LogP contribution in [0.25, 0.3) is 38.9 Å². The molecule has 4 rings (SSSR count). The van der Waals surface area contributed by atoms with Crippen LogP contribution in [0.5, 0.6) is 0 Å². The SMILES string of the molecule is OC=C(O)c1nncc2cccc(-c3cn(CCO)nc3-c3ccncc3)c12. The van der Waals surface area contributed by atoms with E-state index in [0.717, 1.165) is 22.1 Å². The zero-order chi connectivity index (χ0) is 19.5. The monoisotopic (exact) mass is 375 g/mol. The molecule has 0 saturated carbocycles. The van der Waals surface area contributed by atoms with Gasteiger partial charge >= 0.3 is 0 Å². The van der Waals surface area contributed by atoms with Gasteiger partial charge in [-0.05, 0) is 17.7 Å². The van der Waals surface area contributed by atoms with Crippen molar-refractivity contribution in [1.82, 2.24) is 25.0 Å². The number of pyridine rings is 1. The Balaban J connectivity index is 2.03. The predicted molar refractivity (Wildman–Crippen MR) is 104 cm³/mol. The zero-order valence-electron chi connectivity index (χ0n) is 14.8. The number of fused-ring (bicyclic) bond motifs is 1. The summed E-state index contributed by atoms with van der Waals surface area (Å²) in [5, 5.41) is 42.6. The van der Waals surface area contributed by atoms with Crippen molar-refractivity contribution in [1.29, 1.82) is 0 Å². The molecule has 140 valence electrons. The Hall–Kier alpha value is -3.78. The molecular formula is C20H17N5O3. The van der Waals surface area contributed by atoms with E-state index in [4.69, 9.17) is 0 Å². The lowest BCUT2D eigenvalue weighted by Crippen LogP contribution is -2.02. The van der Waals surface area contributed by atoms with Crippen LogP contribution in [0.1, 0.15) is 5.69 Å². The Bertz CT molecular complexity index is 1150. The molecular weight excluding hydrogens is 358 g/mol. The van der Waals surface area contributed by atoms with Crippen LogP contribution in [-0.2, 0) is 6.54 Å². The van der Waals surface area contributed by atoms with E-state index in [1.54, 1.807) is 23.3 Å². The van der Waals surface area contributed by atoms with Crippen LogP contribution in [-0.4, -0.2) is 46.9 Å². The van der Waals surface area contributed by atoms with Crippen molar-refractivity contribution in [2.24, 2.45) is 0 Å². The normalized spacial score (nSPS) is 11.8. The van der Waals surface area contributed by atoms with Gasteiger partial charge in [-0.15, -0.1) is 5.10 Å². The third kappa shape index (κ3) is 3.06. The molecule has 8 nitrogen and oxygen atoms in total. The van der Waals surface area contributed by atoms with E-state index in [1.807, 2.05) is 36.5 Å². The number of aliphatic hydroxyl groups is 3. The van der Waals surface area contributed by atoms with E-state index < -0.39 is 0 Å². The Labute approximate surface area is 160 Å². The summed E-state index contributed by atoms with van der Waals surface area (Å²) in [4.78, 5) is 4.05. The van der Waals surface area contributed by atoms with Crippen molar-refractivity contribution in [3.63, 3.8) is 0 Å². The summed E-state index contributed by atoms with van der Waals surface area (Å²) < 4.78 is 1.67. The Morgan fingerprint density at radius 1 is 1.11 bits per heavy atom. The number of aliphatic hydroxyl groups excluding tert-OH is 3. The average molecular weight is 375 g/mol. The molecule has 0 amide bonds. The highest BCUT2D eigenvalue weighted by Gasteiger charge is 2.19. The van der Waals surface area contributed by atoms with Gasteiger partial charge in [0.15, 0.2) is 5.76 Å². The maximum absolute atomic E-state index is 10.1. The third-order valence-corrected chi connectivity index (χ3v) is 4.39. The molecule has 3 N–H and O–H groups in total. The van der Waals surface area contributed by atoms with Gasteiger partial charge in [0.2, 0.25) is 0 Å². The van der Waals surface area contributed by atoms with Gasteiger partial charge in [-0.2, -0.15) is 10.2 Å². The van der Waals surface area contributed by atoms with Crippen molar-refractivity contribution in [3.8, 4) is 22.4 Å². The first-order valence-electron chi connectivity index (χ1n) is 8.60. The first kappa shape index (κ1) is 17.6. The van der Waals surface area contributed by atoms with Gasteiger partial charge in [-0.3, -0.25) is 9.67 Å². The van der Waals surface area contributed by atoms with Gasteiger partial charge < -0.3 is 15.3 Å². The van der Waals surface area contributed by atoms with Gasteiger partial charge in [-0.1, -0.05) is 18.2 Å². The van der Waals surface area contributed by atoms with Gasteiger partial charge in [0.1, 0.15) is 17.6 Å². The summed E-state index contributed by atoms with van der Waals surface area (Å²) in [6, 6.07) is 9.33. The quantitative estimate of drug-likeness (QED) is 0.459. The summed E-state index contributed by atoms with van der Waals surface area (Å²) in [5.74, 6) is -0.376. The molecule has 28 heavy (non-hydrogen) atoms. The van der Waals surface area contributed by atoms with Crippen LogP contribution >= 0.6 is 0 Å². The highest BCUT2D eigenvalue weighted by molar-refractivity contribution is 6.03. The molecule has 0 radical (unpaired) electrons. The molecule has 0 aliphatic heterocycles. The van der Waals surface area contributed by atoms with Gasteiger partial charge in [0.25, 0.3) is 0 Å². The minimum atomic E-state index is -0.376. The standard InChI is InChI=1S/C20H17N5O3/c26-9-8-25-11-16(19(24-25)13-4-6-21-7-5-13)15-3-1-2-14-10-22-23-20(18(14)15)17(28)12-27/h1-7,10-12,26-28H,8-9H2. The maximum Gasteiger partial charge on any atom is 0.178 e. The van der Waals surface area contributed by atoms with Crippen molar-refractivity contribution < 1.29 is 15.3 Å². The maximum atomic E-state index is 10.1. The second kappa shape index (κ2) is 7.45. The smallest absolute Gasteiger partial charge is 0.178 e. The molecule has 3 aromatic heterocycles.